The molecule has 0 fully saturated rings. The van der Waals surface area contributed by atoms with Gasteiger partial charge in [0.1, 0.15) is 17.3 Å². The van der Waals surface area contributed by atoms with Crippen molar-refractivity contribution in [1.29, 1.82) is 0 Å². The number of carbonyl (C=O) groups excluding carboxylic acids is 1. The van der Waals surface area contributed by atoms with Gasteiger partial charge in [-0.1, -0.05) is 36.4 Å². The molecule has 1 atom stereocenters. The van der Waals surface area contributed by atoms with Crippen LogP contribution in [0.1, 0.15) is 16.7 Å². The van der Waals surface area contributed by atoms with Gasteiger partial charge in [-0.05, 0) is 36.4 Å². The van der Waals surface area contributed by atoms with Crippen LogP contribution in [0, 0.1) is 0 Å². The van der Waals surface area contributed by atoms with Gasteiger partial charge in [0, 0.05) is 16.7 Å². The van der Waals surface area contributed by atoms with Gasteiger partial charge < -0.3 is 14.8 Å². The van der Waals surface area contributed by atoms with E-state index < -0.39 is 17.9 Å². The predicted octanol–water partition coefficient (Wildman–Crippen LogP) is 4.98. The highest BCUT2D eigenvalue weighted by atomic mass is 19.4. The molecule has 3 aromatic carbocycles. The molecule has 1 unspecified atom stereocenters. The van der Waals surface area contributed by atoms with Crippen molar-refractivity contribution < 1.29 is 27.4 Å². The number of halogens is 3. The van der Waals surface area contributed by atoms with E-state index in [2.05, 4.69) is 15.3 Å². The van der Waals surface area contributed by atoms with E-state index in [1.165, 1.54) is 38.5 Å². The molecule has 2 aliphatic heterocycles. The van der Waals surface area contributed by atoms with E-state index in [-0.39, 0.29) is 17.2 Å². The van der Waals surface area contributed by atoms with Crippen molar-refractivity contribution in [3.05, 3.63) is 89.5 Å². The number of amides is 2. The molecule has 7 nitrogen and oxygen atoms in total. The zero-order valence-corrected chi connectivity index (χ0v) is 18.6. The highest BCUT2D eigenvalue weighted by Crippen LogP contribution is 2.48. The molecule has 178 valence electrons. The number of hydrogen-bond acceptors (Lipinski definition) is 4. The van der Waals surface area contributed by atoms with Crippen LogP contribution in [0.4, 0.5) is 23.7 Å². The first-order valence-electron chi connectivity index (χ1n) is 10.5. The Morgan fingerprint density at radius 2 is 1.46 bits per heavy atom. The SMILES string of the molecule is COc1ccc(N=C2c3ccccc3C3=NC(=O)NC(c4ccc(OC)cc4)(C(F)(F)F)N32)cc1. The summed E-state index contributed by atoms with van der Waals surface area (Å²) in [5.41, 5.74) is -1.99. The van der Waals surface area contributed by atoms with Crippen LogP contribution in [0.15, 0.2) is 82.8 Å². The van der Waals surface area contributed by atoms with Crippen molar-refractivity contribution in [2.45, 2.75) is 11.8 Å². The van der Waals surface area contributed by atoms with Crippen LogP contribution in [0.2, 0.25) is 0 Å². The van der Waals surface area contributed by atoms with E-state index in [0.717, 1.165) is 4.90 Å². The number of benzene rings is 3. The molecule has 0 bridgehead atoms. The highest BCUT2D eigenvalue weighted by molar-refractivity contribution is 6.28. The number of nitrogens with zero attached hydrogens (tertiary/aromatic N) is 3. The Hall–Kier alpha value is -4.34. The van der Waals surface area contributed by atoms with Gasteiger partial charge in [-0.2, -0.15) is 18.2 Å². The second kappa shape index (κ2) is 8.15. The molecule has 2 heterocycles. The smallest absolute Gasteiger partial charge is 0.435 e. The monoisotopic (exact) mass is 480 g/mol. The number of carbonyl (C=O) groups is 1. The van der Waals surface area contributed by atoms with E-state index in [9.17, 15) is 4.79 Å². The Bertz CT molecular complexity index is 1350. The lowest BCUT2D eigenvalue weighted by Crippen LogP contribution is -2.69. The lowest BCUT2D eigenvalue weighted by atomic mass is 9.95. The number of methoxy groups -OCH3 is 2. The summed E-state index contributed by atoms with van der Waals surface area (Å²) in [7, 11) is 2.93. The molecule has 3 aromatic rings. The van der Waals surface area contributed by atoms with Crippen molar-refractivity contribution in [3.63, 3.8) is 0 Å². The largest absolute Gasteiger partial charge is 0.497 e. The van der Waals surface area contributed by atoms with Crippen molar-refractivity contribution in [1.82, 2.24) is 10.2 Å². The van der Waals surface area contributed by atoms with Gasteiger partial charge in [-0.3, -0.25) is 4.90 Å². The number of alkyl halides is 3. The molecule has 2 amide bonds. The van der Waals surface area contributed by atoms with Crippen LogP contribution in [-0.2, 0) is 5.66 Å². The number of ether oxygens (including phenoxy) is 2. The molecule has 0 spiro atoms. The van der Waals surface area contributed by atoms with Crippen molar-refractivity contribution >= 4 is 23.4 Å². The fourth-order valence-electron chi connectivity index (χ4n) is 4.26. The molecule has 2 aliphatic rings. The summed E-state index contributed by atoms with van der Waals surface area (Å²) in [5, 5.41) is 2.10. The number of fused-ring (bicyclic) bond motifs is 3. The maximum Gasteiger partial charge on any atom is 0.435 e. The van der Waals surface area contributed by atoms with Crippen molar-refractivity contribution in [3.8, 4) is 11.5 Å². The third kappa shape index (κ3) is 3.49. The maximum atomic E-state index is 15.1. The molecule has 0 saturated carbocycles. The summed E-state index contributed by atoms with van der Waals surface area (Å²) < 4.78 is 55.6. The summed E-state index contributed by atoms with van der Waals surface area (Å²) in [6.07, 6.45) is -4.96. The van der Waals surface area contributed by atoms with E-state index in [1.54, 1.807) is 48.5 Å². The molecular formula is C25H19F3N4O3. The minimum Gasteiger partial charge on any atom is -0.497 e. The maximum absolute atomic E-state index is 15.1. The first-order chi connectivity index (χ1) is 16.8. The standard InChI is InChI=1S/C25H19F3N4O3/c1-34-17-11-7-15(8-12-17)24(25(26,27)28)31-23(33)30-22-20-6-4-3-5-19(20)21(32(22)24)29-16-9-13-18(35-2)14-10-16/h3-14H,1-2H3,(H,31,33). The van der Waals surface area contributed by atoms with Gasteiger partial charge in [-0.25, -0.2) is 9.79 Å². The van der Waals surface area contributed by atoms with Crippen LogP contribution < -0.4 is 14.8 Å². The predicted molar refractivity (Wildman–Crippen MR) is 123 cm³/mol. The van der Waals surface area contributed by atoms with Gasteiger partial charge in [0.2, 0.25) is 5.66 Å². The number of hydrogen-bond donors (Lipinski definition) is 1. The zero-order chi connectivity index (χ0) is 24.8. The number of urea groups is 1. The minimum atomic E-state index is -4.96. The van der Waals surface area contributed by atoms with E-state index >= 15 is 13.2 Å². The summed E-state index contributed by atoms with van der Waals surface area (Å²) >= 11 is 0. The van der Waals surface area contributed by atoms with Crippen LogP contribution in [0.3, 0.4) is 0 Å². The second-order valence-electron chi connectivity index (χ2n) is 7.82. The molecule has 0 aromatic heterocycles. The summed E-state index contributed by atoms with van der Waals surface area (Å²) in [4.78, 5) is 22.1. The molecule has 35 heavy (non-hydrogen) atoms. The second-order valence-corrected chi connectivity index (χ2v) is 7.82. The normalized spacial score (nSPS) is 20.1. The third-order valence-corrected chi connectivity index (χ3v) is 5.89. The number of amidine groups is 2. The minimum absolute atomic E-state index is 0.00217. The molecule has 10 heteroatoms. The first-order valence-corrected chi connectivity index (χ1v) is 10.5. The molecule has 1 N–H and O–H groups in total. The Kier molecular flexibility index (Phi) is 5.23. The quantitative estimate of drug-likeness (QED) is 0.572. The van der Waals surface area contributed by atoms with Crippen molar-refractivity contribution in [2.75, 3.05) is 14.2 Å². The van der Waals surface area contributed by atoms with E-state index in [4.69, 9.17) is 9.47 Å². The Balaban J connectivity index is 1.79. The molecule has 0 aliphatic carbocycles. The Morgan fingerprint density at radius 1 is 0.886 bits per heavy atom. The van der Waals surface area contributed by atoms with Gasteiger partial charge in [0.05, 0.1) is 19.9 Å². The van der Waals surface area contributed by atoms with Gasteiger partial charge >= 0.3 is 12.2 Å². The van der Waals surface area contributed by atoms with Gasteiger partial charge in [-0.15, -0.1) is 0 Å². The average molecular weight is 480 g/mol. The highest BCUT2D eigenvalue weighted by Gasteiger charge is 2.66. The molecule has 0 radical (unpaired) electrons. The van der Waals surface area contributed by atoms with Gasteiger partial charge in [0.15, 0.2) is 5.84 Å². The summed E-state index contributed by atoms with van der Waals surface area (Å²) in [6.45, 7) is 0. The van der Waals surface area contributed by atoms with Crippen molar-refractivity contribution in [2.24, 2.45) is 9.98 Å². The number of aliphatic imine (C=N–C) groups is 2. The number of rotatable bonds is 4. The molecular weight excluding hydrogens is 461 g/mol. The Labute approximate surface area is 198 Å². The van der Waals surface area contributed by atoms with Gasteiger partial charge in [0.25, 0.3) is 0 Å². The van der Waals surface area contributed by atoms with E-state index in [1.807, 2.05) is 0 Å². The van der Waals surface area contributed by atoms with E-state index in [0.29, 0.717) is 28.3 Å². The lowest BCUT2D eigenvalue weighted by Gasteiger charge is -2.46. The zero-order valence-electron chi connectivity index (χ0n) is 18.6. The molecule has 0 saturated heterocycles. The van der Waals surface area contributed by atoms with Crippen LogP contribution in [0.25, 0.3) is 0 Å². The fourth-order valence-corrected chi connectivity index (χ4v) is 4.26. The van der Waals surface area contributed by atoms with Crippen LogP contribution in [0.5, 0.6) is 11.5 Å². The first kappa shape index (κ1) is 22.5. The summed E-state index contributed by atoms with van der Waals surface area (Å²) in [5.74, 6) is 0.817. The third-order valence-electron chi connectivity index (χ3n) is 5.89. The van der Waals surface area contributed by atoms with Crippen LogP contribution in [-0.4, -0.2) is 43.0 Å². The number of nitrogens with one attached hydrogen (secondary N) is 1. The average Bonchev–Trinajstić information content (AvgIpc) is 3.17. The fraction of sp³-hybridized carbons (Fsp3) is 0.160. The Morgan fingerprint density at radius 3 is 2.03 bits per heavy atom. The molecule has 5 rings (SSSR count). The lowest BCUT2D eigenvalue weighted by molar-refractivity contribution is -0.223. The van der Waals surface area contributed by atoms with Crippen LogP contribution >= 0.6 is 0 Å². The topological polar surface area (TPSA) is 75.5 Å². The summed E-state index contributed by atoms with van der Waals surface area (Å²) in [6, 6.07) is 17.5.